The Balaban J connectivity index is 4.16. The molecule has 0 aliphatic heterocycles. The van der Waals surface area contributed by atoms with Gasteiger partial charge in [0.1, 0.15) is 0 Å². The minimum atomic E-state index is -1.60. The van der Waals surface area contributed by atoms with Gasteiger partial charge < -0.3 is 17.7 Å². The van der Waals surface area contributed by atoms with Crippen LogP contribution in [-0.2, 0) is 17.7 Å². The lowest BCUT2D eigenvalue weighted by atomic mass is 10.5. The molecule has 19 heavy (non-hydrogen) atoms. The van der Waals surface area contributed by atoms with Gasteiger partial charge >= 0.3 is 18.6 Å². The van der Waals surface area contributed by atoms with Crippen molar-refractivity contribution in [3.63, 3.8) is 0 Å². The third kappa shape index (κ3) is 11.8. The summed E-state index contributed by atoms with van der Waals surface area (Å²) < 4.78 is 23.5. The highest BCUT2D eigenvalue weighted by atomic mass is 28.4. The van der Waals surface area contributed by atoms with Crippen molar-refractivity contribution in [2.45, 2.75) is 59.0 Å². The summed E-state index contributed by atoms with van der Waals surface area (Å²) in [6.07, 6.45) is 4.15. The van der Waals surface area contributed by atoms with Gasteiger partial charge in [-0.3, -0.25) is 0 Å². The van der Waals surface area contributed by atoms with E-state index in [1.54, 1.807) is 0 Å². The average Bonchev–Trinajstić information content (AvgIpc) is 2.44. The lowest BCUT2D eigenvalue weighted by molar-refractivity contribution is 0.180. The molecule has 0 radical (unpaired) electrons. The Kier molecular flexibility index (Phi) is 14.9. The van der Waals surface area contributed by atoms with Crippen molar-refractivity contribution >= 4 is 18.6 Å². The molecule has 0 amide bonds. The molecule has 0 rings (SSSR count). The fourth-order valence-corrected chi connectivity index (χ4v) is 7.14. The molecular formula is C13H32O4Si2. The molecule has 0 saturated heterocycles. The molecule has 0 spiro atoms. The van der Waals surface area contributed by atoms with Crippen LogP contribution in [0.25, 0.3) is 0 Å². The molecule has 0 heterocycles. The zero-order chi connectivity index (χ0) is 14.3. The van der Waals surface area contributed by atoms with Crippen molar-refractivity contribution in [2.75, 3.05) is 26.4 Å². The zero-order valence-electron chi connectivity index (χ0n) is 13.2. The zero-order valence-corrected chi connectivity index (χ0v) is 15.5. The van der Waals surface area contributed by atoms with Gasteiger partial charge in [-0.1, -0.05) is 27.7 Å². The Morgan fingerprint density at radius 3 is 1.00 bits per heavy atom. The van der Waals surface area contributed by atoms with Crippen LogP contribution in [0.4, 0.5) is 0 Å². The van der Waals surface area contributed by atoms with Crippen LogP contribution in [0.2, 0.25) is 5.67 Å². The van der Waals surface area contributed by atoms with Crippen LogP contribution in [0, 0.1) is 0 Å². The van der Waals surface area contributed by atoms with Crippen molar-refractivity contribution in [2.24, 2.45) is 0 Å². The van der Waals surface area contributed by atoms with E-state index < -0.39 is 18.6 Å². The molecule has 0 bridgehead atoms. The van der Waals surface area contributed by atoms with Gasteiger partial charge in [-0.2, -0.15) is 0 Å². The molecule has 0 aliphatic carbocycles. The fraction of sp³-hybridized carbons (Fsp3) is 1.00. The van der Waals surface area contributed by atoms with E-state index in [4.69, 9.17) is 17.7 Å². The van der Waals surface area contributed by atoms with Crippen LogP contribution in [0.15, 0.2) is 0 Å². The van der Waals surface area contributed by atoms with E-state index in [1.165, 1.54) is 0 Å². The molecule has 0 fully saturated rings. The van der Waals surface area contributed by atoms with Crippen LogP contribution < -0.4 is 0 Å². The summed E-state index contributed by atoms with van der Waals surface area (Å²) in [4.78, 5) is 0. The summed E-state index contributed by atoms with van der Waals surface area (Å²) in [5, 5.41) is 0. The highest BCUT2D eigenvalue weighted by Crippen LogP contribution is 2.07. The Morgan fingerprint density at radius 2 is 0.789 bits per heavy atom. The van der Waals surface area contributed by atoms with Crippen LogP contribution in [0.5, 0.6) is 0 Å². The number of rotatable bonds is 14. The Labute approximate surface area is 122 Å². The monoisotopic (exact) mass is 308 g/mol. The van der Waals surface area contributed by atoms with Gasteiger partial charge in [0.05, 0.1) is 0 Å². The van der Waals surface area contributed by atoms with E-state index >= 15 is 0 Å². The predicted octanol–water partition coefficient (Wildman–Crippen LogP) is 2.67. The summed E-state index contributed by atoms with van der Waals surface area (Å²) in [5.41, 5.74) is 0.917. The van der Waals surface area contributed by atoms with E-state index in [0.29, 0.717) is 0 Å². The van der Waals surface area contributed by atoms with Crippen molar-refractivity contribution < 1.29 is 17.7 Å². The lowest BCUT2D eigenvalue weighted by Crippen LogP contribution is -2.35. The molecule has 4 nitrogen and oxygen atoms in total. The highest BCUT2D eigenvalue weighted by Gasteiger charge is 2.23. The first-order chi connectivity index (χ1) is 9.28. The molecule has 0 aromatic rings. The van der Waals surface area contributed by atoms with Gasteiger partial charge in [0, 0.05) is 32.1 Å². The van der Waals surface area contributed by atoms with E-state index in [1.807, 2.05) is 0 Å². The summed E-state index contributed by atoms with van der Waals surface area (Å²) in [5.74, 6) is 0. The second-order valence-electron chi connectivity index (χ2n) is 4.58. The first-order valence-electron chi connectivity index (χ1n) is 7.74. The standard InChI is InChI=1S/C13H32O4Si2/c1-5-9-14-18(15-10-6-2)13-19(16-11-7-3)17-12-8-4/h18-19H,5-13H2,1-4H3. The molecule has 0 aromatic heterocycles. The van der Waals surface area contributed by atoms with E-state index in [2.05, 4.69) is 27.7 Å². The molecule has 0 N–H and O–H groups in total. The van der Waals surface area contributed by atoms with Crippen molar-refractivity contribution in [1.82, 2.24) is 0 Å². The molecule has 0 atom stereocenters. The Bertz CT molecular complexity index is 150. The topological polar surface area (TPSA) is 36.9 Å². The van der Waals surface area contributed by atoms with Gasteiger partial charge in [0.15, 0.2) is 0 Å². The molecule has 6 heteroatoms. The SMILES string of the molecule is CCCO[SiH](C[SiH](OCCC)OCCC)OCCC. The Hall–Kier alpha value is 0.274. The second-order valence-corrected chi connectivity index (χ2v) is 9.52. The van der Waals surface area contributed by atoms with Gasteiger partial charge in [0.25, 0.3) is 0 Å². The average molecular weight is 309 g/mol. The van der Waals surface area contributed by atoms with Crippen molar-refractivity contribution in [1.29, 1.82) is 0 Å². The summed E-state index contributed by atoms with van der Waals surface area (Å²) in [6, 6.07) is 0. The molecule has 0 aliphatic rings. The second kappa shape index (κ2) is 14.7. The molecule has 116 valence electrons. The smallest absolute Gasteiger partial charge is 0.323 e. The van der Waals surface area contributed by atoms with Crippen LogP contribution in [0.1, 0.15) is 53.4 Å². The van der Waals surface area contributed by atoms with Crippen LogP contribution >= 0.6 is 0 Å². The quantitative estimate of drug-likeness (QED) is 0.462. The number of hydrogen-bond acceptors (Lipinski definition) is 4. The molecular weight excluding hydrogens is 276 g/mol. The van der Waals surface area contributed by atoms with Gasteiger partial charge in [-0.15, -0.1) is 0 Å². The summed E-state index contributed by atoms with van der Waals surface area (Å²) in [6.45, 7) is 11.7. The van der Waals surface area contributed by atoms with E-state index in [0.717, 1.165) is 57.8 Å². The fourth-order valence-electron chi connectivity index (χ4n) is 1.52. The largest absolute Gasteiger partial charge is 0.397 e. The highest BCUT2D eigenvalue weighted by molar-refractivity contribution is 6.64. The normalized spacial score (nSPS) is 11.7. The lowest BCUT2D eigenvalue weighted by Gasteiger charge is -2.21. The summed E-state index contributed by atoms with van der Waals surface area (Å²) >= 11 is 0. The minimum absolute atomic E-state index is 0.795. The molecule has 0 aromatic carbocycles. The third-order valence-electron chi connectivity index (χ3n) is 2.42. The number of hydrogen-bond donors (Lipinski definition) is 0. The van der Waals surface area contributed by atoms with E-state index in [9.17, 15) is 0 Å². The Morgan fingerprint density at radius 1 is 0.526 bits per heavy atom. The molecule has 0 saturated carbocycles. The van der Waals surface area contributed by atoms with Gasteiger partial charge in [-0.25, -0.2) is 0 Å². The van der Waals surface area contributed by atoms with Gasteiger partial charge in [-0.05, 0) is 25.7 Å². The predicted molar refractivity (Wildman–Crippen MR) is 84.1 cm³/mol. The van der Waals surface area contributed by atoms with Crippen LogP contribution in [0.3, 0.4) is 0 Å². The maximum Gasteiger partial charge on any atom is 0.323 e. The third-order valence-corrected chi connectivity index (χ3v) is 7.93. The van der Waals surface area contributed by atoms with Gasteiger partial charge in [0.2, 0.25) is 0 Å². The maximum absolute atomic E-state index is 5.88. The van der Waals surface area contributed by atoms with Crippen molar-refractivity contribution in [3.8, 4) is 0 Å². The first-order valence-corrected chi connectivity index (χ1v) is 11.3. The van der Waals surface area contributed by atoms with E-state index in [-0.39, 0.29) is 0 Å². The van der Waals surface area contributed by atoms with Crippen LogP contribution in [-0.4, -0.2) is 45.0 Å². The van der Waals surface area contributed by atoms with Crippen molar-refractivity contribution in [3.05, 3.63) is 0 Å². The maximum atomic E-state index is 5.88. The first kappa shape index (κ1) is 19.3. The molecule has 0 unspecified atom stereocenters. The minimum Gasteiger partial charge on any atom is -0.397 e. The summed E-state index contributed by atoms with van der Waals surface area (Å²) in [7, 11) is -3.20.